The minimum Gasteiger partial charge on any atom is -0.338 e. The lowest BCUT2D eigenvalue weighted by atomic mass is 9.96. The summed E-state index contributed by atoms with van der Waals surface area (Å²) in [4.78, 5) is 9.36. The summed E-state index contributed by atoms with van der Waals surface area (Å²) in [6.45, 7) is 14.2. The van der Waals surface area contributed by atoms with Gasteiger partial charge in [-0.3, -0.25) is 9.80 Å². The third kappa shape index (κ3) is 4.13. The lowest BCUT2D eigenvalue weighted by Crippen LogP contribution is -2.47. The van der Waals surface area contributed by atoms with Crippen LogP contribution in [0.5, 0.6) is 0 Å². The van der Waals surface area contributed by atoms with Gasteiger partial charge in [-0.25, -0.2) is 4.39 Å². The van der Waals surface area contributed by atoms with Gasteiger partial charge in [-0.15, -0.1) is 0 Å². The summed E-state index contributed by atoms with van der Waals surface area (Å²) < 4.78 is 19.0. The molecule has 0 radical (unpaired) electrons. The molecule has 26 heavy (non-hydrogen) atoms. The van der Waals surface area contributed by atoms with Crippen molar-refractivity contribution in [2.45, 2.75) is 52.1 Å². The van der Waals surface area contributed by atoms with E-state index in [1.54, 1.807) is 12.1 Å². The SMILES string of the molecule is CC(c1cccc(F)c1)N1CCN(C(C)c2nc(C(C)(C)C)no2)CC1. The smallest absolute Gasteiger partial charge is 0.243 e. The largest absolute Gasteiger partial charge is 0.338 e. The highest BCUT2D eigenvalue weighted by Gasteiger charge is 2.29. The van der Waals surface area contributed by atoms with Crippen LogP contribution in [0.4, 0.5) is 4.39 Å². The number of benzene rings is 1. The topological polar surface area (TPSA) is 45.4 Å². The zero-order valence-electron chi connectivity index (χ0n) is 16.4. The van der Waals surface area contributed by atoms with Gasteiger partial charge in [-0.05, 0) is 31.5 Å². The van der Waals surface area contributed by atoms with Crippen molar-refractivity contribution in [3.63, 3.8) is 0 Å². The van der Waals surface area contributed by atoms with Gasteiger partial charge in [-0.1, -0.05) is 38.1 Å². The second kappa shape index (κ2) is 7.45. The molecule has 142 valence electrons. The third-order valence-electron chi connectivity index (χ3n) is 5.25. The number of aromatic nitrogens is 2. The minimum absolute atomic E-state index is 0.102. The summed E-state index contributed by atoms with van der Waals surface area (Å²) in [6, 6.07) is 7.21. The van der Waals surface area contributed by atoms with E-state index in [1.165, 1.54) is 6.07 Å². The van der Waals surface area contributed by atoms with E-state index in [0.29, 0.717) is 5.89 Å². The molecule has 0 N–H and O–H groups in total. The zero-order valence-corrected chi connectivity index (χ0v) is 16.4. The molecule has 0 bridgehead atoms. The van der Waals surface area contributed by atoms with E-state index in [4.69, 9.17) is 4.52 Å². The Labute approximate surface area is 155 Å². The number of hydrogen-bond acceptors (Lipinski definition) is 5. The predicted octanol–water partition coefficient (Wildman–Crippen LogP) is 3.95. The maximum atomic E-state index is 13.5. The highest BCUT2D eigenvalue weighted by molar-refractivity contribution is 5.19. The Morgan fingerprint density at radius 1 is 1.04 bits per heavy atom. The highest BCUT2D eigenvalue weighted by atomic mass is 19.1. The van der Waals surface area contributed by atoms with Crippen LogP contribution in [0.15, 0.2) is 28.8 Å². The molecule has 1 fully saturated rings. The number of piperazine rings is 1. The van der Waals surface area contributed by atoms with Crippen LogP contribution in [0.2, 0.25) is 0 Å². The van der Waals surface area contributed by atoms with Gasteiger partial charge in [0.25, 0.3) is 0 Å². The summed E-state index contributed by atoms with van der Waals surface area (Å²) in [5, 5.41) is 4.14. The van der Waals surface area contributed by atoms with Gasteiger partial charge in [-0.2, -0.15) is 4.98 Å². The Balaban J connectivity index is 1.60. The second-order valence-electron chi connectivity index (χ2n) is 8.19. The summed E-state index contributed by atoms with van der Waals surface area (Å²) in [7, 11) is 0. The Hall–Kier alpha value is -1.79. The van der Waals surface area contributed by atoms with Crippen molar-refractivity contribution in [3.8, 4) is 0 Å². The molecule has 1 aliphatic rings. The zero-order chi connectivity index (χ0) is 18.9. The third-order valence-corrected chi connectivity index (χ3v) is 5.25. The van der Waals surface area contributed by atoms with Gasteiger partial charge in [0.1, 0.15) is 5.82 Å². The Morgan fingerprint density at radius 3 is 2.19 bits per heavy atom. The molecule has 0 aliphatic carbocycles. The molecule has 6 heteroatoms. The van der Waals surface area contributed by atoms with Gasteiger partial charge < -0.3 is 4.52 Å². The molecule has 0 amide bonds. The lowest BCUT2D eigenvalue weighted by Gasteiger charge is -2.39. The monoisotopic (exact) mass is 360 g/mol. The molecular formula is C20H29FN4O. The van der Waals surface area contributed by atoms with E-state index in [2.05, 4.69) is 54.6 Å². The normalized spacial score (nSPS) is 19.5. The Bertz CT molecular complexity index is 731. The molecule has 1 saturated heterocycles. The molecule has 2 heterocycles. The molecule has 1 aliphatic heterocycles. The molecule has 5 nitrogen and oxygen atoms in total. The number of rotatable bonds is 4. The highest BCUT2D eigenvalue weighted by Crippen LogP contribution is 2.27. The van der Waals surface area contributed by atoms with Crippen molar-refractivity contribution in [1.29, 1.82) is 0 Å². The van der Waals surface area contributed by atoms with Gasteiger partial charge in [0.05, 0.1) is 6.04 Å². The van der Waals surface area contributed by atoms with Crippen molar-refractivity contribution >= 4 is 0 Å². The average Bonchev–Trinajstić information content (AvgIpc) is 3.11. The first-order valence-corrected chi connectivity index (χ1v) is 9.33. The molecule has 0 spiro atoms. The average molecular weight is 360 g/mol. The second-order valence-corrected chi connectivity index (χ2v) is 8.19. The molecule has 1 aromatic heterocycles. The molecule has 0 saturated carbocycles. The lowest BCUT2D eigenvalue weighted by molar-refractivity contribution is 0.0677. The first kappa shape index (κ1) is 19.0. The molecule has 2 atom stereocenters. The maximum Gasteiger partial charge on any atom is 0.243 e. The molecule has 2 aromatic rings. The van der Waals surface area contributed by atoms with Crippen LogP contribution in [-0.2, 0) is 5.41 Å². The van der Waals surface area contributed by atoms with E-state index in [0.717, 1.165) is 37.6 Å². The first-order chi connectivity index (χ1) is 12.3. The van der Waals surface area contributed by atoms with Gasteiger partial charge in [0.2, 0.25) is 5.89 Å². The van der Waals surface area contributed by atoms with Crippen molar-refractivity contribution in [1.82, 2.24) is 19.9 Å². The Kier molecular flexibility index (Phi) is 5.44. The summed E-state index contributed by atoms with van der Waals surface area (Å²) in [5.74, 6) is 1.26. The first-order valence-electron chi connectivity index (χ1n) is 9.33. The standard InChI is InChI=1S/C20H29FN4O/c1-14(16-7-6-8-17(21)13-16)24-9-11-25(12-10-24)15(2)18-22-19(23-26-18)20(3,4)5/h6-8,13-15H,9-12H2,1-5H3. The van der Waals surface area contributed by atoms with Crippen molar-refractivity contribution in [3.05, 3.63) is 47.4 Å². The van der Waals surface area contributed by atoms with Crippen molar-refractivity contribution < 1.29 is 8.91 Å². The number of nitrogens with zero attached hydrogens (tertiary/aromatic N) is 4. The van der Waals surface area contributed by atoms with Crippen LogP contribution in [0.25, 0.3) is 0 Å². The van der Waals surface area contributed by atoms with E-state index in [-0.39, 0.29) is 23.3 Å². The quantitative estimate of drug-likeness (QED) is 0.826. The Morgan fingerprint density at radius 2 is 1.65 bits per heavy atom. The van der Waals surface area contributed by atoms with Crippen molar-refractivity contribution in [2.75, 3.05) is 26.2 Å². The van der Waals surface area contributed by atoms with E-state index in [9.17, 15) is 4.39 Å². The predicted molar refractivity (Wildman–Crippen MR) is 99.4 cm³/mol. The van der Waals surface area contributed by atoms with Crippen molar-refractivity contribution in [2.24, 2.45) is 0 Å². The molecule has 2 unspecified atom stereocenters. The molecular weight excluding hydrogens is 331 g/mol. The van der Waals surface area contributed by atoms with Crippen LogP contribution in [0, 0.1) is 5.82 Å². The fourth-order valence-electron chi connectivity index (χ4n) is 3.35. The summed E-state index contributed by atoms with van der Waals surface area (Å²) in [5.41, 5.74) is 0.916. The van der Waals surface area contributed by atoms with Crippen LogP contribution in [-0.4, -0.2) is 46.1 Å². The van der Waals surface area contributed by atoms with E-state index in [1.807, 2.05) is 6.07 Å². The number of halogens is 1. The molecule has 1 aromatic carbocycles. The fourth-order valence-corrected chi connectivity index (χ4v) is 3.35. The number of hydrogen-bond donors (Lipinski definition) is 0. The molecule has 3 rings (SSSR count). The van der Waals surface area contributed by atoms with Gasteiger partial charge >= 0.3 is 0 Å². The summed E-state index contributed by atoms with van der Waals surface area (Å²) >= 11 is 0. The fraction of sp³-hybridized carbons (Fsp3) is 0.600. The summed E-state index contributed by atoms with van der Waals surface area (Å²) in [6.07, 6.45) is 0. The van der Waals surface area contributed by atoms with Crippen LogP contribution < -0.4 is 0 Å². The van der Waals surface area contributed by atoms with E-state index < -0.39 is 0 Å². The van der Waals surface area contributed by atoms with Crippen LogP contribution in [0.3, 0.4) is 0 Å². The van der Waals surface area contributed by atoms with E-state index >= 15 is 0 Å². The van der Waals surface area contributed by atoms with Gasteiger partial charge in [0.15, 0.2) is 5.82 Å². The van der Waals surface area contributed by atoms with Crippen LogP contribution in [0.1, 0.15) is 64.0 Å². The van der Waals surface area contributed by atoms with Crippen LogP contribution >= 0.6 is 0 Å². The maximum absolute atomic E-state index is 13.5. The minimum atomic E-state index is -0.173. The van der Waals surface area contributed by atoms with Gasteiger partial charge in [0, 0.05) is 37.6 Å².